The van der Waals surface area contributed by atoms with E-state index < -0.39 is 10.0 Å². The van der Waals surface area contributed by atoms with Crippen molar-refractivity contribution in [2.75, 3.05) is 31.2 Å². The average Bonchev–Trinajstić information content (AvgIpc) is 3.30. The molecule has 1 fully saturated rings. The number of pyridine rings is 1. The number of primary sulfonamides is 1. The third kappa shape index (κ3) is 4.66. The maximum absolute atomic E-state index is 11.8. The molecule has 1 aliphatic rings. The first-order valence-electron chi connectivity index (χ1n) is 12.1. The fourth-order valence-corrected chi connectivity index (χ4v) is 5.31. The summed E-state index contributed by atoms with van der Waals surface area (Å²) >= 11 is 0. The van der Waals surface area contributed by atoms with Gasteiger partial charge in [-0.2, -0.15) is 5.10 Å². The highest BCUT2D eigenvalue weighted by Gasteiger charge is 2.22. The van der Waals surface area contributed by atoms with Crippen LogP contribution in [0.4, 0.5) is 5.69 Å². The van der Waals surface area contributed by atoms with Crippen LogP contribution < -0.4 is 10.0 Å². The molecule has 6 rings (SSSR count). The highest BCUT2D eigenvalue weighted by atomic mass is 32.2. The summed E-state index contributed by atoms with van der Waals surface area (Å²) in [6, 6.07) is 20.7. The molecule has 2 aromatic carbocycles. The summed E-state index contributed by atoms with van der Waals surface area (Å²) in [5, 5.41) is 11.1. The van der Waals surface area contributed by atoms with Crippen molar-refractivity contribution in [2.24, 2.45) is 5.14 Å². The van der Waals surface area contributed by atoms with Crippen LogP contribution in [-0.4, -0.2) is 54.3 Å². The number of anilines is 1. The van der Waals surface area contributed by atoms with Crippen molar-refractivity contribution in [3.63, 3.8) is 0 Å². The Morgan fingerprint density at radius 1 is 0.892 bits per heavy atom. The molecule has 0 amide bonds. The molecule has 4 heterocycles. The molecule has 9 nitrogen and oxygen atoms in total. The maximum atomic E-state index is 11.8. The summed E-state index contributed by atoms with van der Waals surface area (Å²) in [6.07, 6.45) is 3.11. The molecule has 1 aliphatic heterocycles. The predicted molar refractivity (Wildman–Crippen MR) is 142 cm³/mol. The zero-order valence-corrected chi connectivity index (χ0v) is 20.9. The molecule has 0 bridgehead atoms. The third-order valence-corrected chi connectivity index (χ3v) is 7.58. The van der Waals surface area contributed by atoms with E-state index in [-0.39, 0.29) is 4.90 Å². The lowest BCUT2D eigenvalue weighted by Crippen LogP contribution is -2.36. The maximum Gasteiger partial charge on any atom is 0.238 e. The fourth-order valence-electron chi connectivity index (χ4n) is 4.79. The molecule has 10 heteroatoms. The van der Waals surface area contributed by atoms with E-state index in [1.54, 1.807) is 18.3 Å². The number of hydrogen-bond acceptors (Lipinski definition) is 7. The number of morpholine rings is 1. The van der Waals surface area contributed by atoms with E-state index in [4.69, 9.17) is 19.8 Å². The predicted octanol–water partition coefficient (Wildman–Crippen LogP) is 3.21. The largest absolute Gasteiger partial charge is 0.378 e. The van der Waals surface area contributed by atoms with E-state index >= 15 is 0 Å². The molecule has 188 valence electrons. The number of nitrogens with zero attached hydrogens (tertiary/aromatic N) is 5. The van der Waals surface area contributed by atoms with Crippen LogP contribution in [0.3, 0.4) is 0 Å². The number of para-hydroxylation sites is 1. The molecule has 0 atom stereocenters. The number of nitrogens with two attached hydrogens (primary N) is 1. The van der Waals surface area contributed by atoms with Crippen LogP contribution in [0, 0.1) is 0 Å². The van der Waals surface area contributed by atoms with Crippen molar-refractivity contribution >= 4 is 32.3 Å². The second kappa shape index (κ2) is 9.55. The Morgan fingerprint density at radius 3 is 2.46 bits per heavy atom. The van der Waals surface area contributed by atoms with Gasteiger partial charge in [-0.15, -0.1) is 0 Å². The van der Waals surface area contributed by atoms with Gasteiger partial charge in [-0.1, -0.05) is 36.4 Å². The standard InChI is InChI=1S/C27H26N6O3S/c28-37(34,35)22-10-6-20(7-11-22)26-24(12-9-21-8-5-19-3-1-2-4-23(19)30-21)31-27-25(13-14-29-33(26)27)32-15-17-36-18-16-32/h1-8,10-11,13-14H,9,12,15-18H2,(H2,28,34,35). The number of aryl methyl sites for hydroxylation is 2. The topological polar surface area (TPSA) is 116 Å². The first kappa shape index (κ1) is 23.5. The Morgan fingerprint density at radius 2 is 1.68 bits per heavy atom. The van der Waals surface area contributed by atoms with E-state index in [1.165, 1.54) is 12.1 Å². The van der Waals surface area contributed by atoms with Crippen molar-refractivity contribution in [1.29, 1.82) is 0 Å². The molecule has 0 radical (unpaired) electrons. The summed E-state index contributed by atoms with van der Waals surface area (Å²) in [5.41, 5.74) is 6.20. The molecule has 2 N–H and O–H groups in total. The Hall–Kier alpha value is -3.86. The van der Waals surface area contributed by atoms with Crippen LogP contribution >= 0.6 is 0 Å². The summed E-state index contributed by atoms with van der Waals surface area (Å²) < 4.78 is 31.0. The van der Waals surface area contributed by atoms with Crippen molar-refractivity contribution < 1.29 is 13.2 Å². The van der Waals surface area contributed by atoms with Crippen molar-refractivity contribution in [3.05, 3.63) is 84.3 Å². The van der Waals surface area contributed by atoms with Gasteiger partial charge in [0.2, 0.25) is 10.0 Å². The first-order valence-corrected chi connectivity index (χ1v) is 13.7. The summed E-state index contributed by atoms with van der Waals surface area (Å²) in [4.78, 5) is 12.2. The van der Waals surface area contributed by atoms with Gasteiger partial charge in [-0.05, 0) is 43.2 Å². The van der Waals surface area contributed by atoms with Crippen molar-refractivity contribution in [3.8, 4) is 11.3 Å². The van der Waals surface area contributed by atoms with E-state index in [0.717, 1.165) is 58.0 Å². The molecular weight excluding hydrogens is 488 g/mol. The van der Waals surface area contributed by atoms with Crippen LogP contribution in [0.1, 0.15) is 11.4 Å². The van der Waals surface area contributed by atoms with Crippen molar-refractivity contribution in [1.82, 2.24) is 19.6 Å². The molecule has 0 spiro atoms. The van der Waals surface area contributed by atoms with Gasteiger partial charge >= 0.3 is 0 Å². The minimum atomic E-state index is -3.79. The van der Waals surface area contributed by atoms with E-state index in [2.05, 4.69) is 28.2 Å². The van der Waals surface area contributed by atoms with Crippen molar-refractivity contribution in [2.45, 2.75) is 17.7 Å². The van der Waals surface area contributed by atoms with Crippen LogP contribution in [0.15, 0.2) is 77.8 Å². The highest BCUT2D eigenvalue weighted by Crippen LogP contribution is 2.31. The molecular formula is C27H26N6O3S. The molecule has 5 aromatic rings. The third-order valence-electron chi connectivity index (χ3n) is 6.65. The molecule has 37 heavy (non-hydrogen) atoms. The van der Waals surface area contributed by atoms with Gasteiger partial charge in [-0.3, -0.25) is 4.98 Å². The number of imidazole rings is 1. The van der Waals surface area contributed by atoms with Crippen LogP contribution in [0.5, 0.6) is 0 Å². The quantitative estimate of drug-likeness (QED) is 0.370. The molecule has 0 aliphatic carbocycles. The molecule has 1 saturated heterocycles. The fraction of sp³-hybridized carbons (Fsp3) is 0.222. The molecule has 0 saturated carbocycles. The van der Waals surface area contributed by atoms with Gasteiger partial charge in [0, 0.05) is 29.7 Å². The van der Waals surface area contributed by atoms with E-state index in [1.807, 2.05) is 28.8 Å². The zero-order valence-electron chi connectivity index (χ0n) is 20.1. The molecule has 3 aromatic heterocycles. The zero-order chi connectivity index (χ0) is 25.4. The van der Waals surface area contributed by atoms with Crippen LogP contribution in [-0.2, 0) is 27.6 Å². The Bertz CT molecular complexity index is 1690. The average molecular weight is 515 g/mol. The second-order valence-corrected chi connectivity index (χ2v) is 10.6. The van der Waals surface area contributed by atoms with Gasteiger partial charge in [0.05, 0.1) is 46.9 Å². The summed E-state index contributed by atoms with van der Waals surface area (Å²) in [5.74, 6) is 0. The number of rotatable bonds is 6. The Kier molecular flexibility index (Phi) is 6.07. The number of ether oxygens (including phenoxy) is 1. The minimum absolute atomic E-state index is 0.0638. The first-order chi connectivity index (χ1) is 18.0. The minimum Gasteiger partial charge on any atom is -0.378 e. The lowest BCUT2D eigenvalue weighted by Gasteiger charge is -2.28. The second-order valence-electron chi connectivity index (χ2n) is 9.02. The van der Waals surface area contributed by atoms with Gasteiger partial charge < -0.3 is 9.64 Å². The van der Waals surface area contributed by atoms with Gasteiger partial charge in [0.25, 0.3) is 0 Å². The summed E-state index contributed by atoms with van der Waals surface area (Å²) in [7, 11) is -3.79. The smallest absolute Gasteiger partial charge is 0.238 e. The van der Waals surface area contributed by atoms with Gasteiger partial charge in [0.1, 0.15) is 0 Å². The summed E-state index contributed by atoms with van der Waals surface area (Å²) in [6.45, 7) is 2.89. The van der Waals surface area contributed by atoms with Crippen LogP contribution in [0.2, 0.25) is 0 Å². The normalized spacial score (nSPS) is 14.5. The molecule has 0 unspecified atom stereocenters. The van der Waals surface area contributed by atoms with E-state index in [9.17, 15) is 8.42 Å². The Balaban J connectivity index is 1.43. The SMILES string of the molecule is NS(=O)(=O)c1ccc(-c2c(CCc3ccc4ccccc4n3)nc3c(N4CCOCC4)ccnn23)cc1. The lowest BCUT2D eigenvalue weighted by atomic mass is 10.1. The van der Waals surface area contributed by atoms with E-state index in [0.29, 0.717) is 26.1 Å². The van der Waals surface area contributed by atoms with Gasteiger partial charge in [0.15, 0.2) is 5.65 Å². The lowest BCUT2D eigenvalue weighted by molar-refractivity contribution is 0.123. The number of aromatic nitrogens is 4. The number of benzene rings is 2. The monoisotopic (exact) mass is 514 g/mol. The Labute approximate surface area is 214 Å². The van der Waals surface area contributed by atoms with Gasteiger partial charge in [-0.25, -0.2) is 23.1 Å². The highest BCUT2D eigenvalue weighted by molar-refractivity contribution is 7.89. The van der Waals surface area contributed by atoms with Crippen LogP contribution in [0.25, 0.3) is 27.8 Å². The number of hydrogen-bond donors (Lipinski definition) is 1. The number of fused-ring (bicyclic) bond motifs is 2. The number of sulfonamides is 1.